The number of nitrogens with two attached hydrogens (primary N) is 1. The molecule has 0 unspecified atom stereocenters. The maximum atomic E-state index is 12.6. The highest BCUT2D eigenvalue weighted by molar-refractivity contribution is 6.00. The summed E-state index contributed by atoms with van der Waals surface area (Å²) >= 11 is 0. The molecule has 0 bridgehead atoms. The predicted molar refractivity (Wildman–Crippen MR) is 166 cm³/mol. The molecule has 2 aliphatic carbocycles. The molecule has 2 saturated heterocycles. The molecule has 4 fully saturated rings. The van der Waals surface area contributed by atoms with Gasteiger partial charge in [0, 0.05) is 24.6 Å². The molecule has 44 heavy (non-hydrogen) atoms. The van der Waals surface area contributed by atoms with Gasteiger partial charge in [-0.15, -0.1) is 0 Å². The number of epoxide rings is 2. The Kier molecular flexibility index (Phi) is 9.55. The normalized spacial score (nSPS) is 33.9. The molecule has 0 aromatic heterocycles. The molecular weight excluding hydrogens is 564 g/mol. The molecule has 2 aromatic rings. The van der Waals surface area contributed by atoms with Crippen molar-refractivity contribution in [3.05, 3.63) is 53.6 Å². The van der Waals surface area contributed by atoms with Crippen LogP contribution in [0.3, 0.4) is 0 Å². The van der Waals surface area contributed by atoms with E-state index in [-0.39, 0.29) is 64.9 Å². The van der Waals surface area contributed by atoms with Crippen LogP contribution in [0, 0.1) is 5.92 Å². The third kappa shape index (κ3) is 6.88. The lowest BCUT2D eigenvalue weighted by Crippen LogP contribution is -2.56. The van der Waals surface area contributed by atoms with E-state index >= 15 is 0 Å². The van der Waals surface area contributed by atoms with E-state index < -0.39 is 5.97 Å². The van der Waals surface area contributed by atoms with E-state index in [9.17, 15) is 14.7 Å². The van der Waals surface area contributed by atoms with Crippen LogP contribution in [0.4, 0.5) is 4.79 Å². The van der Waals surface area contributed by atoms with Gasteiger partial charge in [-0.05, 0) is 77.2 Å². The summed E-state index contributed by atoms with van der Waals surface area (Å²) in [6.45, 7) is 7.09. The van der Waals surface area contributed by atoms with E-state index in [0.717, 1.165) is 56.9 Å². The van der Waals surface area contributed by atoms with Crippen molar-refractivity contribution in [2.75, 3.05) is 13.7 Å². The fourth-order valence-corrected chi connectivity index (χ4v) is 7.10. The van der Waals surface area contributed by atoms with E-state index in [1.807, 2.05) is 12.1 Å². The van der Waals surface area contributed by atoms with Crippen molar-refractivity contribution in [2.24, 2.45) is 11.7 Å². The van der Waals surface area contributed by atoms with Gasteiger partial charge in [-0.25, -0.2) is 9.59 Å². The predicted octanol–water partition coefficient (Wildman–Crippen LogP) is 5.30. The van der Waals surface area contributed by atoms with Gasteiger partial charge in [0.05, 0.1) is 18.6 Å². The van der Waals surface area contributed by atoms with Gasteiger partial charge in [-0.1, -0.05) is 42.0 Å². The topological polar surface area (TPSA) is 156 Å². The molecule has 10 nitrogen and oxygen atoms in total. The second-order valence-electron chi connectivity index (χ2n) is 13.1. The van der Waals surface area contributed by atoms with Crippen molar-refractivity contribution in [2.45, 2.75) is 107 Å². The Morgan fingerprint density at radius 1 is 1.11 bits per heavy atom. The molecule has 2 aromatic carbocycles. The molecule has 1 amide bonds. The van der Waals surface area contributed by atoms with Gasteiger partial charge in [0.15, 0.2) is 0 Å². The number of hydrogen-bond donors (Lipinski definition) is 4. The lowest BCUT2D eigenvalue weighted by Gasteiger charge is -2.42. The molecule has 2 aliphatic heterocycles. The summed E-state index contributed by atoms with van der Waals surface area (Å²) in [5.74, 6) is -1.24. The molecule has 2 saturated carbocycles. The van der Waals surface area contributed by atoms with E-state index in [2.05, 4.69) is 32.2 Å². The first-order valence-electron chi connectivity index (χ1n) is 15.6. The van der Waals surface area contributed by atoms with Crippen molar-refractivity contribution in [1.82, 2.24) is 5.32 Å². The van der Waals surface area contributed by atoms with Crippen molar-refractivity contribution in [1.29, 1.82) is 0 Å². The number of fused-ring (bicyclic) bond motifs is 1. The minimum atomic E-state index is -1.12. The van der Waals surface area contributed by atoms with Crippen LogP contribution in [0.25, 0.3) is 10.8 Å². The number of carboxylic acids is 1. The number of hydrogen-bond acceptors (Lipinski definition) is 8. The van der Waals surface area contributed by atoms with Gasteiger partial charge in [0.2, 0.25) is 0 Å². The Morgan fingerprint density at radius 2 is 1.82 bits per heavy atom. The molecule has 5 N–H and O–H groups in total. The first kappa shape index (κ1) is 32.2. The number of alkyl carbamates (subject to hydrolysis) is 1. The molecule has 6 rings (SSSR count). The quantitative estimate of drug-likeness (QED) is 0.241. The van der Waals surface area contributed by atoms with Gasteiger partial charge in [0.1, 0.15) is 34.7 Å². The second kappa shape index (κ2) is 13.0. The van der Waals surface area contributed by atoms with Crippen LogP contribution in [0.1, 0.15) is 76.1 Å². The van der Waals surface area contributed by atoms with Gasteiger partial charge < -0.3 is 40.2 Å². The molecule has 240 valence electrons. The van der Waals surface area contributed by atoms with Crippen LogP contribution in [0.15, 0.2) is 48.0 Å². The Balaban J connectivity index is 0.000000229. The average Bonchev–Trinajstić information content (AvgIpc) is 3.91. The fraction of sp³-hybridized carbons (Fsp3) is 0.588. The van der Waals surface area contributed by atoms with E-state index in [4.69, 9.17) is 29.8 Å². The smallest absolute Gasteiger partial charge is 0.407 e. The van der Waals surface area contributed by atoms with Crippen molar-refractivity contribution < 1.29 is 38.7 Å². The second-order valence-corrected chi connectivity index (χ2v) is 13.1. The van der Waals surface area contributed by atoms with Gasteiger partial charge in [0.25, 0.3) is 0 Å². The number of ether oxygens (including phenoxy) is 4. The van der Waals surface area contributed by atoms with Crippen LogP contribution in [0.2, 0.25) is 0 Å². The van der Waals surface area contributed by atoms with Crippen LogP contribution in [-0.4, -0.2) is 77.6 Å². The van der Waals surface area contributed by atoms with Gasteiger partial charge >= 0.3 is 12.1 Å². The zero-order valence-corrected chi connectivity index (χ0v) is 26.1. The zero-order valence-electron chi connectivity index (χ0n) is 26.1. The Bertz CT molecular complexity index is 1380. The van der Waals surface area contributed by atoms with E-state index in [0.29, 0.717) is 5.39 Å². The lowest BCUT2D eigenvalue weighted by molar-refractivity contribution is -0.118. The largest absolute Gasteiger partial charge is 0.506 e. The van der Waals surface area contributed by atoms with Crippen molar-refractivity contribution in [3.8, 4) is 5.75 Å². The number of aromatic hydroxyl groups is 1. The number of methoxy groups -OCH3 is 1. The summed E-state index contributed by atoms with van der Waals surface area (Å²) in [6.07, 6.45) is 7.68. The Hall–Kier alpha value is -3.18. The first-order chi connectivity index (χ1) is 21.0. The highest BCUT2D eigenvalue weighted by Crippen LogP contribution is 2.59. The number of rotatable bonds is 7. The number of carboxylic acid groups (broad SMARTS) is 1. The van der Waals surface area contributed by atoms with E-state index in [1.165, 1.54) is 11.6 Å². The maximum absolute atomic E-state index is 12.6. The number of carbonyl (C=O) groups excluding carboxylic acids is 1. The number of allylic oxidation sites excluding steroid dienone is 1. The number of aromatic carboxylic acids is 1. The minimum Gasteiger partial charge on any atom is -0.506 e. The number of phenols is 1. The van der Waals surface area contributed by atoms with E-state index in [1.54, 1.807) is 25.3 Å². The third-order valence-corrected chi connectivity index (χ3v) is 9.72. The lowest BCUT2D eigenvalue weighted by atomic mass is 9.68. The van der Waals surface area contributed by atoms with Crippen molar-refractivity contribution in [3.63, 3.8) is 0 Å². The SMILES string of the molecule is CO[C@@H]1[C@H](OC(=O)NC2CCC(N)CC2)CC[C@]2(CO2)[C@H]1[C@@]1(C)O[C@@H]1CC=C(C)C.O=C(O)c1ccc2ccccc2c1O. The third-order valence-electron chi connectivity index (χ3n) is 9.72. The molecule has 1 spiro atoms. The van der Waals surface area contributed by atoms with Gasteiger partial charge in [-0.3, -0.25) is 0 Å². The van der Waals surface area contributed by atoms with Crippen LogP contribution >= 0.6 is 0 Å². The standard InChI is InChI=1S/C23H38N2O5.C11H8O3/c1-14(2)5-10-18-22(3,30-18)20-19(27-4)17(11-12-23(20)13-28-23)29-21(26)25-16-8-6-15(24)7-9-16;12-10-8-4-2-1-3-7(8)5-6-9(10)11(13)14/h5,15-20H,6-13,24H2,1-4H3,(H,25,26);1-6,12H,(H,13,14)/t15?,16?,17-,18-,19-,20-,22+,23+;/m1./s1. The summed E-state index contributed by atoms with van der Waals surface area (Å²) in [5.41, 5.74) is 6.67. The number of benzene rings is 2. The molecular formula is C34H46N2O8. The summed E-state index contributed by atoms with van der Waals surface area (Å²) in [4.78, 5) is 23.3. The highest BCUT2D eigenvalue weighted by atomic mass is 16.6. The Labute approximate surface area is 258 Å². The first-order valence-corrected chi connectivity index (χ1v) is 15.6. The summed E-state index contributed by atoms with van der Waals surface area (Å²) in [6, 6.07) is 10.6. The van der Waals surface area contributed by atoms with Crippen LogP contribution < -0.4 is 11.1 Å². The summed E-state index contributed by atoms with van der Waals surface area (Å²) in [5, 5.41) is 22.8. The zero-order chi connectivity index (χ0) is 31.6. The molecule has 6 atom stereocenters. The maximum Gasteiger partial charge on any atom is 0.407 e. The van der Waals surface area contributed by atoms with Crippen LogP contribution in [-0.2, 0) is 18.9 Å². The fourth-order valence-electron chi connectivity index (χ4n) is 7.10. The molecule has 2 heterocycles. The molecule has 4 aliphatic rings. The number of nitrogens with one attached hydrogen (secondary N) is 1. The van der Waals surface area contributed by atoms with Crippen molar-refractivity contribution >= 4 is 22.8 Å². The van der Waals surface area contributed by atoms with Crippen LogP contribution in [0.5, 0.6) is 5.75 Å². The van der Waals surface area contributed by atoms with Gasteiger partial charge in [-0.2, -0.15) is 0 Å². The number of amides is 1. The summed E-state index contributed by atoms with van der Waals surface area (Å²) in [7, 11) is 1.70. The Morgan fingerprint density at radius 3 is 2.45 bits per heavy atom. The molecule has 0 radical (unpaired) electrons. The monoisotopic (exact) mass is 610 g/mol. The number of carbonyl (C=O) groups is 2. The highest BCUT2D eigenvalue weighted by Gasteiger charge is 2.72. The summed E-state index contributed by atoms with van der Waals surface area (Å²) < 4.78 is 24.0. The average molecular weight is 611 g/mol. The molecule has 10 heteroatoms. The minimum absolute atomic E-state index is 0.0461.